The van der Waals surface area contributed by atoms with Crippen LogP contribution in [0.25, 0.3) is 0 Å². The Labute approximate surface area is 196 Å². The van der Waals surface area contributed by atoms with E-state index < -0.39 is 11.3 Å². The van der Waals surface area contributed by atoms with E-state index in [2.05, 4.69) is 25.6 Å². The molecule has 1 aromatic carbocycles. The number of aromatic nitrogens is 3. The van der Waals surface area contributed by atoms with Gasteiger partial charge in [0, 0.05) is 37.0 Å². The van der Waals surface area contributed by atoms with Crippen LogP contribution in [-0.4, -0.2) is 26.6 Å². The Bertz CT molecular complexity index is 1180. The van der Waals surface area contributed by atoms with Crippen molar-refractivity contribution in [1.29, 1.82) is 0 Å². The molecule has 1 atom stereocenters. The zero-order valence-corrected chi connectivity index (χ0v) is 18.9. The molecule has 2 heterocycles. The van der Waals surface area contributed by atoms with Gasteiger partial charge in [0.15, 0.2) is 5.78 Å². The van der Waals surface area contributed by atoms with Crippen LogP contribution < -0.4 is 10.6 Å². The van der Waals surface area contributed by atoms with Crippen molar-refractivity contribution < 1.29 is 18.4 Å². The highest BCUT2D eigenvalue weighted by Gasteiger charge is 2.51. The van der Waals surface area contributed by atoms with Crippen LogP contribution in [0.4, 0.5) is 20.2 Å². The van der Waals surface area contributed by atoms with Crippen LogP contribution in [-0.2, 0) is 10.7 Å². The summed E-state index contributed by atoms with van der Waals surface area (Å²) in [5, 5.41) is 5.93. The Hall–Kier alpha value is -3.75. The number of carbonyl (C=O) groups excluding carboxylic acids is 2. The molecule has 34 heavy (non-hydrogen) atoms. The van der Waals surface area contributed by atoms with Gasteiger partial charge in [-0.25, -0.2) is 18.7 Å². The summed E-state index contributed by atoms with van der Waals surface area (Å²) in [7, 11) is 0. The molecule has 1 saturated carbocycles. The number of anilines is 2. The van der Waals surface area contributed by atoms with Gasteiger partial charge in [0.2, 0.25) is 5.91 Å². The summed E-state index contributed by atoms with van der Waals surface area (Å²) in [6, 6.07) is 9.28. The summed E-state index contributed by atoms with van der Waals surface area (Å²) < 4.78 is 27.7. The van der Waals surface area contributed by atoms with Gasteiger partial charge in [0.25, 0.3) is 5.92 Å². The van der Waals surface area contributed by atoms with Gasteiger partial charge < -0.3 is 10.6 Å². The number of pyridine rings is 1. The molecule has 4 rings (SSSR count). The number of amides is 1. The number of alkyl halides is 2. The fraction of sp³-hybridized carbons (Fsp3) is 0.320. The highest BCUT2D eigenvalue weighted by molar-refractivity contribution is 6.00. The van der Waals surface area contributed by atoms with E-state index in [-0.39, 0.29) is 29.7 Å². The first-order valence-corrected chi connectivity index (χ1v) is 11.0. The van der Waals surface area contributed by atoms with Crippen LogP contribution in [0, 0.1) is 5.41 Å². The summed E-state index contributed by atoms with van der Waals surface area (Å²) >= 11 is 0. The number of ketones is 1. The largest absolute Gasteiger partial charge is 0.354 e. The van der Waals surface area contributed by atoms with Crippen molar-refractivity contribution in [3.05, 3.63) is 78.1 Å². The number of Topliss-reactive ketones (excluding diaryl/α,β-unsaturated/α-hetero) is 1. The van der Waals surface area contributed by atoms with Crippen molar-refractivity contribution in [3.63, 3.8) is 0 Å². The van der Waals surface area contributed by atoms with Gasteiger partial charge in [0.1, 0.15) is 6.33 Å². The van der Waals surface area contributed by atoms with Crippen LogP contribution in [0.1, 0.15) is 60.8 Å². The van der Waals surface area contributed by atoms with E-state index >= 15 is 0 Å². The van der Waals surface area contributed by atoms with Gasteiger partial charge in [-0.2, -0.15) is 0 Å². The third kappa shape index (κ3) is 5.24. The zero-order valence-electron chi connectivity index (χ0n) is 18.9. The lowest BCUT2D eigenvalue weighted by molar-refractivity contribution is -0.127. The molecule has 2 N–H and O–H groups in total. The molecule has 0 saturated heterocycles. The standard InChI is InChI=1S/C25H25F2N5O2/c1-16(31-23(34)25(9-10-25)11-22(33)17-12-28-15-29-13-17)20-8-7-18(14-30-20)32-21-6-4-3-5-19(21)24(2,26)27/h3-8,12-16,32H,9-11H2,1-2H3,(H,31,34). The lowest BCUT2D eigenvalue weighted by Gasteiger charge is -2.20. The molecule has 1 fully saturated rings. The van der Waals surface area contributed by atoms with Gasteiger partial charge in [0.05, 0.1) is 34.6 Å². The monoisotopic (exact) mass is 465 g/mol. The summed E-state index contributed by atoms with van der Waals surface area (Å²) in [4.78, 5) is 37.5. The summed E-state index contributed by atoms with van der Waals surface area (Å²) in [5.74, 6) is -3.33. The highest BCUT2D eigenvalue weighted by atomic mass is 19.3. The maximum atomic E-state index is 13.9. The highest BCUT2D eigenvalue weighted by Crippen LogP contribution is 2.50. The fourth-order valence-electron chi connectivity index (χ4n) is 3.78. The Kier molecular flexibility index (Phi) is 6.37. The van der Waals surface area contributed by atoms with E-state index in [4.69, 9.17) is 0 Å². The molecule has 9 heteroatoms. The first kappa shape index (κ1) is 23.4. The second-order valence-corrected chi connectivity index (χ2v) is 8.73. The van der Waals surface area contributed by atoms with Gasteiger partial charge in [-0.05, 0) is 38.0 Å². The second-order valence-electron chi connectivity index (χ2n) is 8.73. The Balaban J connectivity index is 1.38. The smallest absolute Gasteiger partial charge is 0.272 e. The van der Waals surface area contributed by atoms with E-state index in [1.165, 1.54) is 31.0 Å². The lowest BCUT2D eigenvalue weighted by atomic mass is 9.95. The van der Waals surface area contributed by atoms with Gasteiger partial charge >= 0.3 is 0 Å². The van der Waals surface area contributed by atoms with Crippen LogP contribution in [0.2, 0.25) is 0 Å². The van der Waals surface area contributed by atoms with Crippen LogP contribution in [0.15, 0.2) is 61.3 Å². The van der Waals surface area contributed by atoms with E-state index in [1.807, 2.05) is 6.92 Å². The number of para-hydroxylation sites is 1. The number of nitrogens with zero attached hydrogens (tertiary/aromatic N) is 3. The Morgan fingerprint density at radius 1 is 1.09 bits per heavy atom. The molecule has 0 radical (unpaired) electrons. The van der Waals surface area contributed by atoms with E-state index in [9.17, 15) is 18.4 Å². The first-order chi connectivity index (χ1) is 16.2. The number of rotatable bonds is 9. The number of hydrogen-bond donors (Lipinski definition) is 2. The van der Waals surface area contributed by atoms with Crippen LogP contribution in [0.5, 0.6) is 0 Å². The predicted molar refractivity (Wildman–Crippen MR) is 123 cm³/mol. The maximum absolute atomic E-state index is 13.9. The number of nitrogens with one attached hydrogen (secondary N) is 2. The van der Waals surface area contributed by atoms with Crippen molar-refractivity contribution in [1.82, 2.24) is 20.3 Å². The summed E-state index contributed by atoms with van der Waals surface area (Å²) in [5.41, 5.74) is 1.04. The third-order valence-corrected chi connectivity index (χ3v) is 5.97. The number of benzene rings is 1. The van der Waals surface area contributed by atoms with E-state index in [1.54, 1.807) is 30.3 Å². The van der Waals surface area contributed by atoms with Crippen molar-refractivity contribution >= 4 is 23.1 Å². The first-order valence-electron chi connectivity index (χ1n) is 11.0. The Morgan fingerprint density at radius 3 is 2.41 bits per heavy atom. The van der Waals surface area contributed by atoms with Crippen molar-refractivity contribution in [3.8, 4) is 0 Å². The summed E-state index contributed by atoms with van der Waals surface area (Å²) in [6.07, 6.45) is 7.18. The second kappa shape index (κ2) is 9.24. The molecular formula is C25H25F2N5O2. The molecule has 1 amide bonds. The molecule has 7 nitrogen and oxygen atoms in total. The van der Waals surface area contributed by atoms with Crippen molar-refractivity contribution in [2.24, 2.45) is 5.41 Å². The van der Waals surface area contributed by atoms with E-state index in [0.717, 1.165) is 6.92 Å². The molecule has 0 aliphatic heterocycles. The van der Waals surface area contributed by atoms with Crippen LogP contribution >= 0.6 is 0 Å². The predicted octanol–water partition coefficient (Wildman–Crippen LogP) is 4.96. The molecule has 1 aliphatic carbocycles. The molecule has 0 spiro atoms. The molecule has 3 aromatic rings. The average molecular weight is 466 g/mol. The number of halogens is 2. The third-order valence-electron chi connectivity index (χ3n) is 5.97. The minimum absolute atomic E-state index is 0.106. The SMILES string of the molecule is CC(NC(=O)C1(CC(=O)c2cncnc2)CC1)c1ccc(Nc2ccccc2C(C)(F)F)cn1. The van der Waals surface area contributed by atoms with Gasteiger partial charge in [-0.15, -0.1) is 0 Å². The Morgan fingerprint density at radius 2 is 1.79 bits per heavy atom. The zero-order chi connectivity index (χ0) is 24.3. The van der Waals surface area contributed by atoms with Crippen molar-refractivity contribution in [2.75, 3.05) is 5.32 Å². The van der Waals surface area contributed by atoms with Gasteiger partial charge in [-0.1, -0.05) is 18.2 Å². The molecular weight excluding hydrogens is 440 g/mol. The average Bonchev–Trinajstić information content (AvgIpc) is 3.60. The summed E-state index contributed by atoms with van der Waals surface area (Å²) in [6.45, 7) is 2.66. The quantitative estimate of drug-likeness (QED) is 0.434. The topological polar surface area (TPSA) is 96.9 Å². The fourth-order valence-corrected chi connectivity index (χ4v) is 3.78. The molecule has 176 valence electrons. The number of carbonyl (C=O) groups is 2. The normalized spacial score (nSPS) is 15.3. The molecule has 0 bridgehead atoms. The minimum Gasteiger partial charge on any atom is -0.354 e. The molecule has 1 unspecified atom stereocenters. The van der Waals surface area contributed by atoms with Gasteiger partial charge in [-0.3, -0.25) is 14.6 Å². The number of hydrogen-bond acceptors (Lipinski definition) is 6. The molecule has 1 aliphatic rings. The van der Waals surface area contributed by atoms with E-state index in [0.29, 0.717) is 35.5 Å². The minimum atomic E-state index is -2.98. The van der Waals surface area contributed by atoms with Crippen molar-refractivity contribution in [2.45, 2.75) is 45.1 Å². The van der Waals surface area contributed by atoms with Crippen LogP contribution in [0.3, 0.4) is 0 Å². The lowest BCUT2D eigenvalue weighted by Crippen LogP contribution is -2.35. The molecule has 2 aromatic heterocycles. The maximum Gasteiger partial charge on any atom is 0.272 e.